The zero-order valence-corrected chi connectivity index (χ0v) is 13.5. The zero-order chi connectivity index (χ0) is 15.1. The first-order chi connectivity index (χ1) is 9.66. The van der Waals surface area contributed by atoms with Gasteiger partial charge in [0, 0.05) is 58.6 Å². The van der Waals surface area contributed by atoms with Crippen LogP contribution < -0.4 is 32.3 Å². The molecule has 0 amide bonds. The van der Waals surface area contributed by atoms with Crippen LogP contribution in [0.25, 0.3) is 0 Å². The van der Waals surface area contributed by atoms with Crippen LogP contribution in [0, 0.1) is 0 Å². The predicted molar refractivity (Wildman–Crippen MR) is 90.8 cm³/mol. The van der Waals surface area contributed by atoms with E-state index in [0.717, 1.165) is 45.8 Å². The maximum Gasteiger partial charge on any atom is 0.170 e. The van der Waals surface area contributed by atoms with Crippen LogP contribution in [0.3, 0.4) is 0 Å². The Morgan fingerprint density at radius 1 is 0.900 bits per heavy atom. The smallest absolute Gasteiger partial charge is 0.170 e. The molecule has 0 unspecified atom stereocenters. The fourth-order valence-electron chi connectivity index (χ4n) is 1.36. The van der Waals surface area contributed by atoms with Gasteiger partial charge in [-0.2, -0.15) is 0 Å². The third-order valence-corrected chi connectivity index (χ3v) is 2.62. The van der Waals surface area contributed by atoms with E-state index in [4.69, 9.17) is 18.0 Å². The summed E-state index contributed by atoms with van der Waals surface area (Å²) in [6.45, 7) is 11.2. The Kier molecular flexibility index (Phi) is 14.1. The van der Waals surface area contributed by atoms with Crippen molar-refractivity contribution >= 4 is 17.3 Å². The van der Waals surface area contributed by atoms with Crippen molar-refractivity contribution < 1.29 is 0 Å². The molecule has 0 aliphatic heterocycles. The lowest BCUT2D eigenvalue weighted by molar-refractivity contribution is 0.581. The first-order valence-corrected chi connectivity index (χ1v) is 7.57. The fourth-order valence-corrected chi connectivity index (χ4v) is 1.52. The summed E-state index contributed by atoms with van der Waals surface area (Å²) in [5.41, 5.74) is 6.57. The Balaban J connectivity index is 3.16. The summed E-state index contributed by atoms with van der Waals surface area (Å²) in [5.74, 6) is 0. The monoisotopic (exact) mass is 302 g/mol. The lowest BCUT2D eigenvalue weighted by Gasteiger charge is -2.09. The number of thiocarbonyl (C=S) groups is 1. The van der Waals surface area contributed by atoms with E-state index in [0.29, 0.717) is 11.7 Å². The number of rotatable bonds is 12. The molecule has 7 heteroatoms. The summed E-state index contributed by atoms with van der Waals surface area (Å²) in [6.07, 6.45) is 1.89. The van der Waals surface area contributed by atoms with E-state index < -0.39 is 0 Å². The van der Waals surface area contributed by atoms with Gasteiger partial charge in [-0.3, -0.25) is 0 Å². The van der Waals surface area contributed by atoms with Gasteiger partial charge in [0.05, 0.1) is 0 Å². The molecule has 7 N–H and O–H groups in total. The maximum absolute atomic E-state index is 5.38. The molecule has 0 atom stereocenters. The van der Waals surface area contributed by atoms with Gasteiger partial charge in [-0.1, -0.05) is 5.57 Å². The van der Waals surface area contributed by atoms with E-state index in [-0.39, 0.29) is 0 Å². The lowest BCUT2D eigenvalue weighted by Crippen LogP contribution is -2.39. The van der Waals surface area contributed by atoms with Crippen LogP contribution in [0.5, 0.6) is 0 Å². The van der Waals surface area contributed by atoms with E-state index in [1.165, 1.54) is 5.57 Å². The van der Waals surface area contributed by atoms with Crippen molar-refractivity contribution in [1.29, 1.82) is 0 Å². The Hall–Kier alpha value is -0.730. The van der Waals surface area contributed by atoms with Gasteiger partial charge in [0.15, 0.2) is 5.11 Å². The van der Waals surface area contributed by atoms with Gasteiger partial charge in [-0.05, 0) is 26.1 Å². The number of hydrogen-bond donors (Lipinski definition) is 6. The van der Waals surface area contributed by atoms with Crippen LogP contribution in [-0.4, -0.2) is 57.5 Å². The maximum atomic E-state index is 5.38. The van der Waals surface area contributed by atoms with E-state index in [9.17, 15) is 0 Å². The SMILES string of the molecule is CC(C)=CNC(=S)NCCNCCNCCNCCN. The van der Waals surface area contributed by atoms with E-state index in [1.54, 1.807) is 0 Å². The van der Waals surface area contributed by atoms with Crippen LogP contribution in [-0.2, 0) is 0 Å². The predicted octanol–water partition coefficient (Wildman–Crippen LogP) is -0.898. The molecule has 0 aromatic rings. The minimum atomic E-state index is 0.664. The van der Waals surface area contributed by atoms with Crippen molar-refractivity contribution in [1.82, 2.24) is 26.6 Å². The molecule has 0 aromatic heterocycles. The molecule has 0 fully saturated rings. The van der Waals surface area contributed by atoms with Crippen molar-refractivity contribution in [2.45, 2.75) is 13.8 Å². The Labute approximate surface area is 128 Å². The molecule has 0 aromatic carbocycles. The summed E-state index contributed by atoms with van der Waals surface area (Å²) in [7, 11) is 0. The largest absolute Gasteiger partial charge is 0.361 e. The first kappa shape index (κ1) is 19.3. The summed E-state index contributed by atoms with van der Waals surface area (Å²) in [5, 5.41) is 16.7. The summed E-state index contributed by atoms with van der Waals surface area (Å²) in [6, 6.07) is 0. The second-order valence-electron chi connectivity index (χ2n) is 4.66. The van der Waals surface area contributed by atoms with E-state index in [1.807, 2.05) is 20.0 Å². The molecule has 0 bridgehead atoms. The van der Waals surface area contributed by atoms with Gasteiger partial charge in [-0.15, -0.1) is 0 Å². The molecule has 0 heterocycles. The average Bonchev–Trinajstić information content (AvgIpc) is 2.42. The minimum absolute atomic E-state index is 0.664. The molecule has 0 spiro atoms. The molecular formula is C13H30N6S. The van der Waals surface area contributed by atoms with Gasteiger partial charge in [0.1, 0.15) is 0 Å². The van der Waals surface area contributed by atoms with E-state index in [2.05, 4.69) is 26.6 Å². The highest BCUT2D eigenvalue weighted by atomic mass is 32.1. The molecule has 0 aliphatic rings. The van der Waals surface area contributed by atoms with Gasteiger partial charge in [0.25, 0.3) is 0 Å². The number of allylic oxidation sites excluding steroid dienone is 1. The quantitative estimate of drug-likeness (QED) is 0.206. The molecule has 0 aliphatic carbocycles. The van der Waals surface area contributed by atoms with Crippen LogP contribution in [0.15, 0.2) is 11.8 Å². The molecule has 0 saturated carbocycles. The third-order valence-electron chi connectivity index (χ3n) is 2.36. The van der Waals surface area contributed by atoms with Gasteiger partial charge in [-0.25, -0.2) is 0 Å². The minimum Gasteiger partial charge on any atom is -0.361 e. The highest BCUT2D eigenvalue weighted by molar-refractivity contribution is 7.80. The summed E-state index contributed by atoms with van der Waals surface area (Å²) < 4.78 is 0. The summed E-state index contributed by atoms with van der Waals surface area (Å²) >= 11 is 5.12. The molecule has 20 heavy (non-hydrogen) atoms. The molecule has 6 nitrogen and oxygen atoms in total. The van der Waals surface area contributed by atoms with Crippen molar-refractivity contribution in [3.05, 3.63) is 11.8 Å². The van der Waals surface area contributed by atoms with Crippen molar-refractivity contribution in [2.75, 3.05) is 52.4 Å². The first-order valence-electron chi connectivity index (χ1n) is 7.16. The number of nitrogens with two attached hydrogens (primary N) is 1. The van der Waals surface area contributed by atoms with Crippen molar-refractivity contribution in [2.24, 2.45) is 5.73 Å². The van der Waals surface area contributed by atoms with Crippen molar-refractivity contribution in [3.63, 3.8) is 0 Å². The van der Waals surface area contributed by atoms with Gasteiger partial charge < -0.3 is 32.3 Å². The van der Waals surface area contributed by atoms with E-state index >= 15 is 0 Å². The van der Waals surface area contributed by atoms with Crippen LogP contribution >= 0.6 is 12.2 Å². The standard InChI is InChI=1S/C13H30N6S/c1-12(2)11-19-13(20)18-10-9-17-8-7-16-6-5-15-4-3-14/h11,15-17H,3-10,14H2,1-2H3,(H2,18,19,20). The highest BCUT2D eigenvalue weighted by Gasteiger charge is 1.92. The molecule has 0 radical (unpaired) electrons. The second-order valence-corrected chi connectivity index (χ2v) is 5.07. The van der Waals surface area contributed by atoms with Crippen LogP contribution in [0.2, 0.25) is 0 Å². The van der Waals surface area contributed by atoms with Crippen molar-refractivity contribution in [3.8, 4) is 0 Å². The van der Waals surface area contributed by atoms with Gasteiger partial charge >= 0.3 is 0 Å². The summed E-state index contributed by atoms with van der Waals surface area (Å²) in [4.78, 5) is 0. The Bertz CT molecular complexity index is 266. The Morgan fingerprint density at radius 3 is 1.90 bits per heavy atom. The average molecular weight is 302 g/mol. The fraction of sp³-hybridized carbons (Fsp3) is 0.769. The molecule has 0 saturated heterocycles. The number of hydrogen-bond acceptors (Lipinski definition) is 5. The van der Waals surface area contributed by atoms with Crippen LogP contribution in [0.4, 0.5) is 0 Å². The van der Waals surface area contributed by atoms with Gasteiger partial charge in [0.2, 0.25) is 0 Å². The topological polar surface area (TPSA) is 86.2 Å². The second kappa shape index (κ2) is 14.7. The van der Waals surface area contributed by atoms with Crippen LogP contribution in [0.1, 0.15) is 13.8 Å². The Morgan fingerprint density at radius 2 is 1.40 bits per heavy atom. The molecule has 0 rings (SSSR count). The molecule has 118 valence electrons. The highest BCUT2D eigenvalue weighted by Crippen LogP contribution is 1.83. The normalized spacial score (nSPS) is 10.2. The lowest BCUT2D eigenvalue weighted by atomic mass is 10.4. The molecular weight excluding hydrogens is 272 g/mol. The number of nitrogens with one attached hydrogen (secondary N) is 5. The zero-order valence-electron chi connectivity index (χ0n) is 12.7. The third kappa shape index (κ3) is 15.3.